The fraction of sp³-hybridized carbons (Fsp3) is 0.500. The molecule has 0 bridgehead atoms. The molecule has 56 valence electrons. The van der Waals surface area contributed by atoms with Gasteiger partial charge in [-0.05, 0) is 55.5 Å². The molecule has 0 saturated heterocycles. The van der Waals surface area contributed by atoms with Crippen molar-refractivity contribution < 1.29 is 0 Å². The molecule has 0 aliphatic heterocycles. The van der Waals surface area contributed by atoms with Crippen molar-refractivity contribution in [2.45, 2.75) is 26.3 Å². The number of hydrogen-bond donors (Lipinski definition) is 0. The molecule has 1 aromatic heterocycles. The SMILES string of the molecule is CC(C)(C)n1cccc1I. The van der Waals surface area contributed by atoms with Crippen molar-refractivity contribution in [2.75, 3.05) is 0 Å². The van der Waals surface area contributed by atoms with Crippen LogP contribution >= 0.6 is 22.6 Å². The Morgan fingerprint density at radius 1 is 1.40 bits per heavy atom. The summed E-state index contributed by atoms with van der Waals surface area (Å²) in [5.74, 6) is 0. The molecule has 1 aromatic rings. The van der Waals surface area contributed by atoms with E-state index in [2.05, 4.69) is 66.3 Å². The van der Waals surface area contributed by atoms with Gasteiger partial charge in [-0.2, -0.15) is 0 Å². The zero-order valence-electron chi connectivity index (χ0n) is 6.56. The molecule has 0 spiro atoms. The second-order valence-electron chi connectivity index (χ2n) is 3.37. The smallest absolute Gasteiger partial charge is 0.0803 e. The molecule has 0 aromatic carbocycles. The summed E-state index contributed by atoms with van der Waals surface area (Å²) in [6.07, 6.45) is 2.11. The van der Waals surface area contributed by atoms with Gasteiger partial charge in [-0.15, -0.1) is 0 Å². The van der Waals surface area contributed by atoms with Crippen molar-refractivity contribution in [3.8, 4) is 0 Å². The van der Waals surface area contributed by atoms with Crippen LogP contribution in [-0.4, -0.2) is 4.57 Å². The lowest BCUT2D eigenvalue weighted by Crippen LogP contribution is -2.21. The first kappa shape index (κ1) is 8.11. The van der Waals surface area contributed by atoms with Crippen LogP contribution < -0.4 is 0 Å². The number of hydrogen-bond acceptors (Lipinski definition) is 0. The Morgan fingerprint density at radius 2 is 2.00 bits per heavy atom. The Labute approximate surface area is 75.6 Å². The highest BCUT2D eigenvalue weighted by atomic mass is 127. The normalized spacial score (nSPS) is 12.0. The molecule has 0 aliphatic carbocycles. The Balaban J connectivity index is 3.05. The highest BCUT2D eigenvalue weighted by Crippen LogP contribution is 2.18. The Hall–Kier alpha value is 0.01000. The minimum Gasteiger partial charge on any atom is -0.338 e. The maximum absolute atomic E-state index is 2.34. The minimum atomic E-state index is 0.222. The van der Waals surface area contributed by atoms with Crippen molar-refractivity contribution in [1.29, 1.82) is 0 Å². The molecular weight excluding hydrogens is 237 g/mol. The average molecular weight is 249 g/mol. The molecule has 1 nitrogen and oxygen atoms in total. The Bertz CT molecular complexity index is 219. The maximum Gasteiger partial charge on any atom is 0.0803 e. The molecule has 1 rings (SSSR count). The van der Waals surface area contributed by atoms with Gasteiger partial charge >= 0.3 is 0 Å². The van der Waals surface area contributed by atoms with Gasteiger partial charge in [0.25, 0.3) is 0 Å². The summed E-state index contributed by atoms with van der Waals surface area (Å²) < 4.78 is 3.55. The molecule has 2 heteroatoms. The standard InChI is InChI=1S/C8H12IN/c1-8(2,3)10-6-4-5-7(10)9/h4-6H,1-3H3. The summed E-state index contributed by atoms with van der Waals surface area (Å²) in [4.78, 5) is 0. The number of halogens is 1. The fourth-order valence-corrected chi connectivity index (χ4v) is 2.00. The topological polar surface area (TPSA) is 4.93 Å². The lowest BCUT2D eigenvalue weighted by molar-refractivity contribution is 0.391. The summed E-state index contributed by atoms with van der Waals surface area (Å²) in [6.45, 7) is 6.61. The van der Waals surface area contributed by atoms with Crippen molar-refractivity contribution in [3.05, 3.63) is 22.0 Å². The molecule has 0 radical (unpaired) electrons. The van der Waals surface area contributed by atoms with Gasteiger partial charge < -0.3 is 4.57 Å². The van der Waals surface area contributed by atoms with Gasteiger partial charge in [0.2, 0.25) is 0 Å². The summed E-state index contributed by atoms with van der Waals surface area (Å²) >= 11 is 2.34. The largest absolute Gasteiger partial charge is 0.338 e. The van der Waals surface area contributed by atoms with Crippen LogP contribution in [-0.2, 0) is 5.54 Å². The van der Waals surface area contributed by atoms with Gasteiger partial charge in [-0.3, -0.25) is 0 Å². The highest BCUT2D eigenvalue weighted by Gasteiger charge is 2.13. The van der Waals surface area contributed by atoms with E-state index in [-0.39, 0.29) is 5.54 Å². The molecule has 0 N–H and O–H groups in total. The quantitative estimate of drug-likeness (QED) is 0.623. The highest BCUT2D eigenvalue weighted by molar-refractivity contribution is 14.1. The van der Waals surface area contributed by atoms with Gasteiger partial charge in [0.05, 0.1) is 3.70 Å². The molecular formula is C8H12IN. The van der Waals surface area contributed by atoms with Crippen LogP contribution in [0.1, 0.15) is 20.8 Å². The summed E-state index contributed by atoms with van der Waals surface area (Å²) in [5.41, 5.74) is 0.222. The van der Waals surface area contributed by atoms with E-state index in [1.54, 1.807) is 0 Å². The van der Waals surface area contributed by atoms with Crippen LogP contribution in [0.4, 0.5) is 0 Å². The van der Waals surface area contributed by atoms with Crippen LogP contribution in [0.5, 0.6) is 0 Å². The second kappa shape index (κ2) is 2.57. The zero-order valence-corrected chi connectivity index (χ0v) is 8.71. The van der Waals surface area contributed by atoms with E-state index in [4.69, 9.17) is 0 Å². The first-order valence-electron chi connectivity index (χ1n) is 3.35. The summed E-state index contributed by atoms with van der Waals surface area (Å²) in [6, 6.07) is 4.19. The lowest BCUT2D eigenvalue weighted by atomic mass is 10.1. The number of rotatable bonds is 0. The predicted molar refractivity (Wildman–Crippen MR) is 52.1 cm³/mol. The predicted octanol–water partition coefficient (Wildman–Crippen LogP) is 2.85. The van der Waals surface area contributed by atoms with E-state index >= 15 is 0 Å². The molecule has 0 atom stereocenters. The third-order valence-electron chi connectivity index (χ3n) is 1.42. The molecule has 0 amide bonds. The van der Waals surface area contributed by atoms with Crippen molar-refractivity contribution in [2.24, 2.45) is 0 Å². The third-order valence-corrected chi connectivity index (χ3v) is 2.30. The van der Waals surface area contributed by atoms with Crippen LogP contribution in [0.2, 0.25) is 0 Å². The Morgan fingerprint density at radius 3 is 2.20 bits per heavy atom. The molecule has 1 heterocycles. The van der Waals surface area contributed by atoms with Crippen LogP contribution in [0.15, 0.2) is 18.3 Å². The molecule has 0 aliphatic rings. The fourth-order valence-electron chi connectivity index (χ4n) is 0.904. The average Bonchev–Trinajstić information content (AvgIpc) is 2.11. The maximum atomic E-state index is 2.34. The first-order valence-corrected chi connectivity index (χ1v) is 4.43. The molecule has 0 saturated carbocycles. The zero-order chi connectivity index (χ0) is 7.78. The molecule has 0 fully saturated rings. The van der Waals surface area contributed by atoms with Crippen LogP contribution in [0.25, 0.3) is 0 Å². The second-order valence-corrected chi connectivity index (χ2v) is 4.48. The van der Waals surface area contributed by atoms with Gasteiger partial charge in [0.1, 0.15) is 0 Å². The van der Waals surface area contributed by atoms with Crippen LogP contribution in [0, 0.1) is 3.70 Å². The van der Waals surface area contributed by atoms with Crippen molar-refractivity contribution >= 4 is 22.6 Å². The van der Waals surface area contributed by atoms with Crippen molar-refractivity contribution in [3.63, 3.8) is 0 Å². The van der Waals surface area contributed by atoms with Gasteiger partial charge in [-0.25, -0.2) is 0 Å². The number of aromatic nitrogens is 1. The van der Waals surface area contributed by atoms with E-state index < -0.39 is 0 Å². The van der Waals surface area contributed by atoms with Crippen molar-refractivity contribution in [1.82, 2.24) is 4.57 Å². The van der Waals surface area contributed by atoms with E-state index in [1.807, 2.05) is 0 Å². The first-order chi connectivity index (χ1) is 4.52. The van der Waals surface area contributed by atoms with E-state index in [0.29, 0.717) is 0 Å². The van der Waals surface area contributed by atoms with E-state index in [1.165, 1.54) is 3.70 Å². The lowest BCUT2D eigenvalue weighted by Gasteiger charge is -2.22. The molecule has 10 heavy (non-hydrogen) atoms. The minimum absolute atomic E-state index is 0.222. The number of nitrogens with zero attached hydrogens (tertiary/aromatic N) is 1. The molecule has 0 unspecified atom stereocenters. The monoisotopic (exact) mass is 249 g/mol. The summed E-state index contributed by atoms with van der Waals surface area (Å²) in [7, 11) is 0. The van der Waals surface area contributed by atoms with Gasteiger partial charge in [0.15, 0.2) is 0 Å². The van der Waals surface area contributed by atoms with Gasteiger partial charge in [-0.1, -0.05) is 0 Å². The Kier molecular flexibility index (Phi) is 2.08. The van der Waals surface area contributed by atoms with E-state index in [0.717, 1.165) is 0 Å². The van der Waals surface area contributed by atoms with E-state index in [9.17, 15) is 0 Å². The van der Waals surface area contributed by atoms with Crippen LogP contribution in [0.3, 0.4) is 0 Å². The third kappa shape index (κ3) is 1.54. The van der Waals surface area contributed by atoms with Gasteiger partial charge in [0, 0.05) is 11.7 Å². The summed E-state index contributed by atoms with van der Waals surface area (Å²) in [5, 5.41) is 0.